The van der Waals surface area contributed by atoms with Gasteiger partial charge in [0.25, 0.3) is 5.91 Å². The van der Waals surface area contributed by atoms with Gasteiger partial charge in [-0.2, -0.15) is 0 Å². The number of amides is 1. The molecule has 0 saturated carbocycles. The normalized spacial score (nSPS) is 14.3. The van der Waals surface area contributed by atoms with Crippen molar-refractivity contribution in [2.75, 3.05) is 6.61 Å². The Kier molecular flexibility index (Phi) is 4.24. The molecule has 1 rings (SSSR count). The molecule has 2 atom stereocenters. The second-order valence-electron chi connectivity index (χ2n) is 3.66. The number of carbonyl (C=O) groups excluding carboxylic acids is 1. The first-order valence-corrected chi connectivity index (χ1v) is 4.97. The average Bonchev–Trinajstić information content (AvgIpc) is 2.29. The van der Waals surface area contributed by atoms with Gasteiger partial charge in [0, 0.05) is 30.6 Å². The van der Waals surface area contributed by atoms with Crippen LogP contribution in [0.25, 0.3) is 0 Å². The Hall–Kier alpha value is -1.42. The van der Waals surface area contributed by atoms with Gasteiger partial charge in [0.2, 0.25) is 0 Å². The fraction of sp³-hybridized carbons (Fsp3) is 0.455. The predicted octanol–water partition coefficient (Wildman–Crippen LogP) is 0.828. The van der Waals surface area contributed by atoms with Gasteiger partial charge < -0.3 is 10.4 Å². The van der Waals surface area contributed by atoms with E-state index in [9.17, 15) is 4.79 Å². The number of rotatable bonds is 4. The fourth-order valence-corrected chi connectivity index (χ4v) is 1.09. The molecule has 0 aliphatic carbocycles. The van der Waals surface area contributed by atoms with E-state index >= 15 is 0 Å². The van der Waals surface area contributed by atoms with Crippen molar-refractivity contribution in [1.29, 1.82) is 0 Å². The minimum Gasteiger partial charge on any atom is -0.396 e. The summed E-state index contributed by atoms with van der Waals surface area (Å²) in [6.45, 7) is 3.83. The van der Waals surface area contributed by atoms with Crippen LogP contribution in [0.2, 0.25) is 0 Å². The lowest BCUT2D eigenvalue weighted by atomic mass is 10.0. The van der Waals surface area contributed by atoms with Gasteiger partial charge in [-0.3, -0.25) is 9.78 Å². The molecule has 4 heteroatoms. The van der Waals surface area contributed by atoms with Crippen LogP contribution >= 0.6 is 0 Å². The van der Waals surface area contributed by atoms with Crippen molar-refractivity contribution in [3.05, 3.63) is 30.1 Å². The fourth-order valence-electron chi connectivity index (χ4n) is 1.09. The molecule has 82 valence electrons. The second kappa shape index (κ2) is 5.46. The highest BCUT2D eigenvalue weighted by Crippen LogP contribution is 2.03. The Labute approximate surface area is 89.3 Å². The predicted molar refractivity (Wildman–Crippen MR) is 57.4 cm³/mol. The molecule has 0 bridgehead atoms. The van der Waals surface area contributed by atoms with E-state index in [-0.39, 0.29) is 24.5 Å². The third-order valence-electron chi connectivity index (χ3n) is 2.44. The molecule has 0 aliphatic rings. The number of nitrogens with zero attached hydrogens (tertiary/aromatic N) is 1. The van der Waals surface area contributed by atoms with Gasteiger partial charge in [-0.15, -0.1) is 0 Å². The first-order valence-electron chi connectivity index (χ1n) is 4.97. The van der Waals surface area contributed by atoms with Crippen molar-refractivity contribution in [2.24, 2.45) is 5.92 Å². The third-order valence-corrected chi connectivity index (χ3v) is 2.44. The van der Waals surface area contributed by atoms with Crippen molar-refractivity contribution in [3.8, 4) is 0 Å². The van der Waals surface area contributed by atoms with Crippen LogP contribution < -0.4 is 5.32 Å². The van der Waals surface area contributed by atoms with Crippen LogP contribution in [0.4, 0.5) is 0 Å². The van der Waals surface area contributed by atoms with Crippen molar-refractivity contribution < 1.29 is 9.90 Å². The first kappa shape index (κ1) is 11.7. The zero-order valence-corrected chi connectivity index (χ0v) is 8.97. The van der Waals surface area contributed by atoms with Gasteiger partial charge in [-0.25, -0.2) is 0 Å². The highest BCUT2D eigenvalue weighted by molar-refractivity contribution is 5.94. The maximum atomic E-state index is 11.7. The van der Waals surface area contributed by atoms with E-state index in [1.54, 1.807) is 24.5 Å². The van der Waals surface area contributed by atoms with E-state index in [1.165, 1.54) is 0 Å². The van der Waals surface area contributed by atoms with Crippen LogP contribution in [0.5, 0.6) is 0 Å². The molecule has 0 fully saturated rings. The lowest BCUT2D eigenvalue weighted by molar-refractivity contribution is 0.0916. The molecule has 0 spiro atoms. The van der Waals surface area contributed by atoms with E-state index in [1.807, 2.05) is 13.8 Å². The first-order chi connectivity index (χ1) is 7.15. The molecule has 0 radical (unpaired) electrons. The van der Waals surface area contributed by atoms with Crippen LogP contribution in [-0.2, 0) is 0 Å². The molecule has 0 saturated heterocycles. The van der Waals surface area contributed by atoms with E-state index in [0.717, 1.165) is 0 Å². The number of aromatic nitrogens is 1. The molecule has 1 amide bonds. The van der Waals surface area contributed by atoms with Crippen molar-refractivity contribution in [3.63, 3.8) is 0 Å². The van der Waals surface area contributed by atoms with Gasteiger partial charge in [0.15, 0.2) is 0 Å². The number of carbonyl (C=O) groups is 1. The zero-order valence-electron chi connectivity index (χ0n) is 8.97. The summed E-state index contributed by atoms with van der Waals surface area (Å²) in [5, 5.41) is 11.7. The Bertz CT molecular complexity index is 314. The molecule has 1 aromatic rings. The van der Waals surface area contributed by atoms with Crippen molar-refractivity contribution >= 4 is 5.91 Å². The van der Waals surface area contributed by atoms with E-state index < -0.39 is 0 Å². The molecule has 1 heterocycles. The van der Waals surface area contributed by atoms with Crippen molar-refractivity contribution in [1.82, 2.24) is 10.3 Å². The second-order valence-corrected chi connectivity index (χ2v) is 3.66. The number of aliphatic hydroxyl groups excluding tert-OH is 1. The minimum absolute atomic E-state index is 0.0457. The Balaban J connectivity index is 2.57. The maximum Gasteiger partial charge on any atom is 0.251 e. The van der Waals surface area contributed by atoms with Crippen LogP contribution in [0.15, 0.2) is 24.5 Å². The molecule has 4 nitrogen and oxygen atoms in total. The number of aliphatic hydroxyl groups is 1. The van der Waals surface area contributed by atoms with E-state index in [4.69, 9.17) is 5.11 Å². The average molecular weight is 208 g/mol. The van der Waals surface area contributed by atoms with Gasteiger partial charge >= 0.3 is 0 Å². The standard InChI is InChI=1S/C11H16N2O2/c1-8(7-14)9(2)13-11(15)10-3-5-12-6-4-10/h3-6,8-9,14H,7H2,1-2H3,(H,13,15). The van der Waals surface area contributed by atoms with E-state index in [0.29, 0.717) is 5.56 Å². The Morgan fingerprint density at radius 1 is 1.47 bits per heavy atom. The Morgan fingerprint density at radius 3 is 2.60 bits per heavy atom. The summed E-state index contributed by atoms with van der Waals surface area (Å²) in [5.41, 5.74) is 0.585. The Morgan fingerprint density at radius 2 is 2.07 bits per heavy atom. The van der Waals surface area contributed by atoms with Crippen LogP contribution in [0.3, 0.4) is 0 Å². The molecule has 0 aromatic carbocycles. The third kappa shape index (κ3) is 3.32. The monoisotopic (exact) mass is 208 g/mol. The van der Waals surface area contributed by atoms with Crippen molar-refractivity contribution in [2.45, 2.75) is 19.9 Å². The quantitative estimate of drug-likeness (QED) is 0.770. The van der Waals surface area contributed by atoms with Gasteiger partial charge in [0.05, 0.1) is 0 Å². The molecule has 0 aliphatic heterocycles. The summed E-state index contributed by atoms with van der Waals surface area (Å²) in [5.74, 6) is -0.0824. The largest absolute Gasteiger partial charge is 0.396 e. The highest BCUT2D eigenvalue weighted by atomic mass is 16.3. The molecule has 1 aromatic heterocycles. The zero-order chi connectivity index (χ0) is 11.3. The smallest absolute Gasteiger partial charge is 0.251 e. The number of pyridine rings is 1. The van der Waals surface area contributed by atoms with E-state index in [2.05, 4.69) is 10.3 Å². The minimum atomic E-state index is -0.134. The summed E-state index contributed by atoms with van der Waals surface area (Å²) in [4.78, 5) is 15.5. The number of hydrogen-bond donors (Lipinski definition) is 2. The number of nitrogens with one attached hydrogen (secondary N) is 1. The maximum absolute atomic E-state index is 11.7. The van der Waals surface area contributed by atoms with Crippen LogP contribution in [-0.4, -0.2) is 28.6 Å². The molecular weight excluding hydrogens is 192 g/mol. The SMILES string of the molecule is CC(CO)C(C)NC(=O)c1ccncc1. The summed E-state index contributed by atoms with van der Waals surface area (Å²) < 4.78 is 0. The van der Waals surface area contributed by atoms with Gasteiger partial charge in [-0.1, -0.05) is 6.92 Å². The summed E-state index contributed by atoms with van der Waals surface area (Å²) >= 11 is 0. The number of hydrogen-bond acceptors (Lipinski definition) is 3. The lowest BCUT2D eigenvalue weighted by Crippen LogP contribution is -2.38. The molecule has 15 heavy (non-hydrogen) atoms. The van der Waals surface area contributed by atoms with Crippen LogP contribution in [0.1, 0.15) is 24.2 Å². The molecule has 2 N–H and O–H groups in total. The van der Waals surface area contributed by atoms with Crippen LogP contribution in [0, 0.1) is 5.92 Å². The summed E-state index contributed by atoms with van der Waals surface area (Å²) in [6, 6.07) is 3.27. The van der Waals surface area contributed by atoms with Gasteiger partial charge in [-0.05, 0) is 25.0 Å². The lowest BCUT2D eigenvalue weighted by Gasteiger charge is -2.19. The molecule has 2 unspecified atom stereocenters. The molecular formula is C11H16N2O2. The van der Waals surface area contributed by atoms with Gasteiger partial charge in [0.1, 0.15) is 0 Å². The summed E-state index contributed by atoms with van der Waals surface area (Å²) in [6.07, 6.45) is 3.16. The highest BCUT2D eigenvalue weighted by Gasteiger charge is 2.14. The summed E-state index contributed by atoms with van der Waals surface area (Å²) in [7, 11) is 0. The topological polar surface area (TPSA) is 62.2 Å².